The Morgan fingerprint density at radius 3 is 3.05 bits per heavy atom. The number of halogens is 2. The van der Waals surface area contributed by atoms with Crippen LogP contribution >= 0.6 is 27.3 Å². The first kappa shape index (κ1) is 14.9. The quantitative estimate of drug-likeness (QED) is 0.725. The number of nitrogens with one attached hydrogen (secondary N) is 2. The number of thiazole rings is 1. The van der Waals surface area contributed by atoms with Gasteiger partial charge >= 0.3 is 0 Å². The van der Waals surface area contributed by atoms with Gasteiger partial charge in [-0.15, -0.1) is 11.3 Å². The predicted octanol–water partition coefficient (Wildman–Crippen LogP) is 3.62. The summed E-state index contributed by atoms with van der Waals surface area (Å²) in [7, 11) is 0. The first-order chi connectivity index (χ1) is 10.6. The van der Waals surface area contributed by atoms with Crippen LogP contribution in [0.3, 0.4) is 0 Å². The molecule has 2 N–H and O–H groups in total. The third-order valence-corrected chi connectivity index (χ3v) is 4.21. The molecule has 0 radical (unpaired) electrons. The summed E-state index contributed by atoms with van der Waals surface area (Å²) in [5.41, 5.74) is 1.50. The highest BCUT2D eigenvalue weighted by Crippen LogP contribution is 2.27. The molecular formula is C14H10BrFN4OS. The molecule has 1 amide bonds. The van der Waals surface area contributed by atoms with Crippen LogP contribution in [0.1, 0.15) is 5.56 Å². The summed E-state index contributed by atoms with van der Waals surface area (Å²) in [5.74, 6) is -0.739. The number of amides is 1. The van der Waals surface area contributed by atoms with Crippen LogP contribution < -0.4 is 5.32 Å². The molecule has 0 saturated heterocycles. The number of aromatic amines is 1. The SMILES string of the molecule is O=C(Cc1ccc(Br)cc1F)Nc1cn[nH]c1-c1nccs1. The molecule has 8 heteroatoms. The Bertz CT molecular complexity index is 803. The fourth-order valence-electron chi connectivity index (χ4n) is 1.92. The van der Waals surface area contributed by atoms with Gasteiger partial charge in [-0.25, -0.2) is 9.37 Å². The zero-order valence-corrected chi connectivity index (χ0v) is 13.5. The van der Waals surface area contributed by atoms with Gasteiger partial charge in [0.2, 0.25) is 5.91 Å². The molecule has 0 aliphatic rings. The molecule has 0 fully saturated rings. The summed E-state index contributed by atoms with van der Waals surface area (Å²) in [4.78, 5) is 16.3. The molecule has 0 atom stereocenters. The van der Waals surface area contributed by atoms with Gasteiger partial charge in [-0.3, -0.25) is 9.89 Å². The van der Waals surface area contributed by atoms with Gasteiger partial charge in [-0.2, -0.15) is 5.10 Å². The summed E-state index contributed by atoms with van der Waals surface area (Å²) in [6.07, 6.45) is 3.12. The van der Waals surface area contributed by atoms with E-state index in [2.05, 4.69) is 36.4 Å². The standard InChI is InChI=1S/C14H10BrFN4OS/c15-9-2-1-8(10(16)6-9)5-12(21)19-11-7-18-20-13(11)14-17-3-4-22-14/h1-4,6-7H,5H2,(H,18,20)(H,19,21). The largest absolute Gasteiger partial charge is 0.323 e. The molecule has 22 heavy (non-hydrogen) atoms. The molecule has 2 heterocycles. The number of hydrogen-bond donors (Lipinski definition) is 2. The highest BCUT2D eigenvalue weighted by atomic mass is 79.9. The zero-order chi connectivity index (χ0) is 15.5. The van der Waals surface area contributed by atoms with Crippen molar-refractivity contribution in [3.8, 4) is 10.7 Å². The maximum absolute atomic E-state index is 13.8. The molecule has 0 unspecified atom stereocenters. The molecule has 0 saturated carbocycles. The Labute approximate surface area is 137 Å². The highest BCUT2D eigenvalue weighted by Gasteiger charge is 2.14. The maximum atomic E-state index is 13.8. The van der Waals surface area contributed by atoms with Crippen molar-refractivity contribution in [3.63, 3.8) is 0 Å². The van der Waals surface area contributed by atoms with E-state index in [-0.39, 0.29) is 12.3 Å². The van der Waals surface area contributed by atoms with Gasteiger partial charge in [0.15, 0.2) is 0 Å². The van der Waals surface area contributed by atoms with E-state index < -0.39 is 5.82 Å². The van der Waals surface area contributed by atoms with E-state index in [0.717, 1.165) is 5.01 Å². The fourth-order valence-corrected chi connectivity index (χ4v) is 2.90. The molecule has 0 spiro atoms. The molecule has 112 valence electrons. The van der Waals surface area contributed by atoms with Crippen molar-refractivity contribution in [2.45, 2.75) is 6.42 Å². The second-order valence-electron chi connectivity index (χ2n) is 4.46. The first-order valence-electron chi connectivity index (χ1n) is 6.30. The molecule has 5 nitrogen and oxygen atoms in total. The van der Waals surface area contributed by atoms with Gasteiger partial charge in [0.1, 0.15) is 16.5 Å². The Morgan fingerprint density at radius 1 is 1.45 bits per heavy atom. The number of carbonyl (C=O) groups is 1. The van der Waals surface area contributed by atoms with Gasteiger partial charge in [0.25, 0.3) is 0 Å². The number of anilines is 1. The minimum Gasteiger partial charge on any atom is -0.323 e. The van der Waals surface area contributed by atoms with Crippen LogP contribution in [-0.2, 0) is 11.2 Å². The third kappa shape index (κ3) is 3.23. The van der Waals surface area contributed by atoms with E-state index in [1.807, 2.05) is 5.38 Å². The number of H-pyrrole nitrogens is 1. The van der Waals surface area contributed by atoms with Crippen LogP contribution in [0.15, 0.2) is 40.4 Å². The van der Waals surface area contributed by atoms with Crippen molar-refractivity contribution in [2.24, 2.45) is 0 Å². The van der Waals surface area contributed by atoms with Crippen LogP contribution in [0.5, 0.6) is 0 Å². The van der Waals surface area contributed by atoms with Crippen molar-refractivity contribution in [1.82, 2.24) is 15.2 Å². The molecule has 2 aromatic heterocycles. The number of benzene rings is 1. The molecule has 0 aliphatic heterocycles. The van der Waals surface area contributed by atoms with Gasteiger partial charge in [-0.05, 0) is 17.7 Å². The molecule has 1 aromatic carbocycles. The van der Waals surface area contributed by atoms with E-state index in [0.29, 0.717) is 21.4 Å². The number of rotatable bonds is 4. The minimum absolute atomic E-state index is 0.0540. The molecule has 3 rings (SSSR count). The number of carbonyl (C=O) groups excluding carboxylic acids is 1. The fraction of sp³-hybridized carbons (Fsp3) is 0.0714. The van der Waals surface area contributed by atoms with E-state index in [1.165, 1.54) is 23.6 Å². The summed E-state index contributed by atoms with van der Waals surface area (Å²) in [6.45, 7) is 0. The van der Waals surface area contributed by atoms with Crippen LogP contribution in [-0.4, -0.2) is 21.1 Å². The highest BCUT2D eigenvalue weighted by molar-refractivity contribution is 9.10. The Balaban J connectivity index is 1.74. The third-order valence-electron chi connectivity index (χ3n) is 2.93. The van der Waals surface area contributed by atoms with Gasteiger partial charge in [0.05, 0.1) is 18.3 Å². The van der Waals surface area contributed by atoms with Crippen molar-refractivity contribution in [1.29, 1.82) is 0 Å². The van der Waals surface area contributed by atoms with Crippen molar-refractivity contribution in [3.05, 3.63) is 51.8 Å². The Hall–Kier alpha value is -2.06. The normalized spacial score (nSPS) is 10.6. The van der Waals surface area contributed by atoms with Crippen LogP contribution in [0.25, 0.3) is 10.7 Å². The zero-order valence-electron chi connectivity index (χ0n) is 11.1. The smallest absolute Gasteiger partial charge is 0.229 e. The summed E-state index contributed by atoms with van der Waals surface area (Å²) in [6, 6.07) is 4.61. The molecule has 0 bridgehead atoms. The second-order valence-corrected chi connectivity index (χ2v) is 6.27. The minimum atomic E-state index is -0.420. The molecule has 3 aromatic rings. The van der Waals surface area contributed by atoms with Crippen molar-refractivity contribution < 1.29 is 9.18 Å². The Kier molecular flexibility index (Phi) is 4.30. The summed E-state index contributed by atoms with van der Waals surface area (Å²) >= 11 is 4.61. The van der Waals surface area contributed by atoms with Gasteiger partial charge in [-0.1, -0.05) is 22.0 Å². The number of hydrogen-bond acceptors (Lipinski definition) is 4. The lowest BCUT2D eigenvalue weighted by atomic mass is 10.1. The monoisotopic (exact) mass is 380 g/mol. The number of nitrogens with zero attached hydrogens (tertiary/aromatic N) is 2. The lowest BCUT2D eigenvalue weighted by Gasteiger charge is -2.06. The van der Waals surface area contributed by atoms with Gasteiger partial charge < -0.3 is 5.32 Å². The van der Waals surface area contributed by atoms with Crippen LogP contribution in [0.2, 0.25) is 0 Å². The second kappa shape index (κ2) is 6.37. The topological polar surface area (TPSA) is 70.7 Å². The summed E-state index contributed by atoms with van der Waals surface area (Å²) in [5, 5.41) is 12.0. The van der Waals surface area contributed by atoms with Crippen molar-refractivity contribution in [2.75, 3.05) is 5.32 Å². The molecular weight excluding hydrogens is 371 g/mol. The van der Waals surface area contributed by atoms with Crippen LogP contribution in [0, 0.1) is 5.82 Å². The molecule has 0 aliphatic carbocycles. The van der Waals surface area contributed by atoms with E-state index >= 15 is 0 Å². The van der Waals surface area contributed by atoms with Gasteiger partial charge in [0, 0.05) is 16.0 Å². The Morgan fingerprint density at radius 2 is 2.32 bits per heavy atom. The van der Waals surface area contributed by atoms with E-state index in [4.69, 9.17) is 0 Å². The van der Waals surface area contributed by atoms with Crippen LogP contribution in [0.4, 0.5) is 10.1 Å². The van der Waals surface area contributed by atoms with E-state index in [1.54, 1.807) is 18.3 Å². The van der Waals surface area contributed by atoms with Crippen molar-refractivity contribution >= 4 is 38.9 Å². The lowest BCUT2D eigenvalue weighted by Crippen LogP contribution is -2.15. The number of aromatic nitrogens is 3. The maximum Gasteiger partial charge on any atom is 0.229 e. The summed E-state index contributed by atoms with van der Waals surface area (Å²) < 4.78 is 14.4. The van der Waals surface area contributed by atoms with E-state index in [9.17, 15) is 9.18 Å². The average molecular weight is 381 g/mol. The average Bonchev–Trinajstić information content (AvgIpc) is 3.12. The first-order valence-corrected chi connectivity index (χ1v) is 7.98. The predicted molar refractivity (Wildman–Crippen MR) is 86.1 cm³/mol. The lowest BCUT2D eigenvalue weighted by molar-refractivity contribution is -0.115.